The van der Waals surface area contributed by atoms with Crippen molar-refractivity contribution < 1.29 is 23.6 Å². The Balaban J connectivity index is 1.46. The first-order chi connectivity index (χ1) is 14.7. The molecule has 1 aliphatic heterocycles. The first-order valence-corrected chi connectivity index (χ1v) is 10.1. The van der Waals surface area contributed by atoms with Gasteiger partial charge in [-0.05, 0) is 51.3 Å². The van der Waals surface area contributed by atoms with Gasteiger partial charge in [0, 0.05) is 11.8 Å². The zero-order valence-corrected chi connectivity index (χ0v) is 17.7. The number of hydrogen-bond acceptors (Lipinski definition) is 7. The van der Waals surface area contributed by atoms with Crippen LogP contribution in [0.3, 0.4) is 0 Å². The van der Waals surface area contributed by atoms with Crippen LogP contribution in [-0.4, -0.2) is 42.1 Å². The molecule has 0 radical (unpaired) electrons. The molecule has 1 atom stereocenters. The zero-order chi connectivity index (χ0) is 22.2. The van der Waals surface area contributed by atoms with Crippen molar-refractivity contribution in [2.75, 3.05) is 22.9 Å². The van der Waals surface area contributed by atoms with E-state index in [4.69, 9.17) is 14.0 Å². The van der Waals surface area contributed by atoms with Gasteiger partial charge in [0.2, 0.25) is 0 Å². The Labute approximate surface area is 180 Å². The second-order valence-corrected chi connectivity index (χ2v) is 8.81. The van der Waals surface area contributed by atoms with Crippen LogP contribution in [0.1, 0.15) is 39.2 Å². The molecule has 0 bridgehead atoms. The summed E-state index contributed by atoms with van der Waals surface area (Å²) in [6.45, 7) is 5.64. The van der Waals surface area contributed by atoms with Gasteiger partial charge in [-0.25, -0.2) is 9.59 Å². The summed E-state index contributed by atoms with van der Waals surface area (Å²) in [4.78, 5) is 28.0. The first-order valence-electron chi connectivity index (χ1n) is 10.1. The number of aromatic nitrogens is 1. The van der Waals surface area contributed by atoms with Gasteiger partial charge in [-0.15, -0.1) is 0 Å². The van der Waals surface area contributed by atoms with Crippen molar-refractivity contribution in [3.05, 3.63) is 42.2 Å². The van der Waals surface area contributed by atoms with E-state index in [1.54, 1.807) is 26.8 Å². The van der Waals surface area contributed by atoms with Crippen LogP contribution < -0.4 is 9.80 Å². The number of carbonyl (C=O) groups is 2. The molecule has 1 aliphatic carbocycles. The van der Waals surface area contributed by atoms with Crippen LogP contribution in [0.4, 0.5) is 21.1 Å². The van der Waals surface area contributed by atoms with Gasteiger partial charge in [-0.3, -0.25) is 9.80 Å². The lowest BCUT2D eigenvalue weighted by Gasteiger charge is -2.26. The maximum absolute atomic E-state index is 12.7. The standard InChI is InChI=1S/C22H24N4O5/c1-21(2,3)31-20(28)26(18-8-11-29-24-18)13-17-12-25(19(27)30-17)16-6-4-15(5-7-16)22(14-23)9-10-22/h4-8,11,17H,9-10,12-13H2,1-3H3/t17-/m1/s1. The Kier molecular flexibility index (Phi) is 5.09. The fourth-order valence-corrected chi connectivity index (χ4v) is 3.51. The summed E-state index contributed by atoms with van der Waals surface area (Å²) in [6, 6.07) is 11.3. The van der Waals surface area contributed by atoms with Crippen molar-refractivity contribution in [1.82, 2.24) is 5.16 Å². The van der Waals surface area contributed by atoms with Gasteiger partial charge in [0.25, 0.3) is 0 Å². The van der Waals surface area contributed by atoms with Gasteiger partial charge < -0.3 is 14.0 Å². The number of anilines is 2. The Morgan fingerprint density at radius 1 is 1.32 bits per heavy atom. The van der Waals surface area contributed by atoms with E-state index in [0.29, 0.717) is 5.69 Å². The molecule has 31 heavy (non-hydrogen) atoms. The number of nitriles is 1. The van der Waals surface area contributed by atoms with Crippen molar-refractivity contribution in [2.45, 2.75) is 50.7 Å². The average molecular weight is 424 g/mol. The lowest BCUT2D eigenvalue weighted by molar-refractivity contribution is 0.0556. The molecule has 162 valence electrons. The summed E-state index contributed by atoms with van der Waals surface area (Å²) in [5, 5.41) is 13.2. The van der Waals surface area contributed by atoms with Gasteiger partial charge >= 0.3 is 12.2 Å². The van der Waals surface area contributed by atoms with Crippen LogP contribution in [0.2, 0.25) is 0 Å². The molecule has 2 heterocycles. The molecule has 9 heteroatoms. The van der Waals surface area contributed by atoms with Crippen LogP contribution >= 0.6 is 0 Å². The van der Waals surface area contributed by atoms with Gasteiger partial charge in [0.05, 0.1) is 24.6 Å². The zero-order valence-electron chi connectivity index (χ0n) is 17.7. The van der Waals surface area contributed by atoms with E-state index in [-0.39, 0.29) is 24.3 Å². The van der Waals surface area contributed by atoms with Gasteiger partial charge in [0.1, 0.15) is 18.0 Å². The maximum atomic E-state index is 12.7. The van der Waals surface area contributed by atoms with E-state index < -0.39 is 23.9 Å². The van der Waals surface area contributed by atoms with Crippen molar-refractivity contribution in [2.24, 2.45) is 0 Å². The molecule has 2 aliphatic rings. The number of benzene rings is 1. The molecule has 1 saturated heterocycles. The Bertz CT molecular complexity index is 1000. The van der Waals surface area contributed by atoms with Crippen LogP contribution in [0, 0.1) is 11.3 Å². The van der Waals surface area contributed by atoms with Crippen LogP contribution in [0.15, 0.2) is 41.1 Å². The molecular formula is C22H24N4O5. The summed E-state index contributed by atoms with van der Waals surface area (Å²) in [7, 11) is 0. The Hall–Kier alpha value is -3.54. The molecule has 1 aromatic carbocycles. The van der Waals surface area contributed by atoms with Crippen LogP contribution in [-0.2, 0) is 14.9 Å². The number of ether oxygens (including phenoxy) is 2. The second-order valence-electron chi connectivity index (χ2n) is 8.81. The minimum absolute atomic E-state index is 0.0688. The molecule has 0 spiro atoms. The number of nitrogens with zero attached hydrogens (tertiary/aromatic N) is 4. The predicted octanol–water partition coefficient (Wildman–Crippen LogP) is 4.00. The third-order valence-corrected chi connectivity index (χ3v) is 5.27. The third kappa shape index (κ3) is 4.33. The van der Waals surface area contributed by atoms with Crippen LogP contribution in [0.25, 0.3) is 0 Å². The Morgan fingerprint density at radius 2 is 2.03 bits per heavy atom. The van der Waals surface area contributed by atoms with Crippen LogP contribution in [0.5, 0.6) is 0 Å². The number of hydrogen-bond donors (Lipinski definition) is 0. The molecule has 0 N–H and O–H groups in total. The quantitative estimate of drug-likeness (QED) is 0.714. The van der Waals surface area contributed by atoms with Crippen molar-refractivity contribution in [3.8, 4) is 6.07 Å². The van der Waals surface area contributed by atoms with Gasteiger partial charge in [-0.1, -0.05) is 17.3 Å². The smallest absolute Gasteiger partial charge is 0.416 e. The van der Waals surface area contributed by atoms with E-state index in [2.05, 4.69) is 11.2 Å². The monoisotopic (exact) mass is 424 g/mol. The number of amides is 2. The molecule has 9 nitrogen and oxygen atoms in total. The normalized spacial score (nSPS) is 19.5. The summed E-state index contributed by atoms with van der Waals surface area (Å²) in [5.74, 6) is 0.277. The highest BCUT2D eigenvalue weighted by atomic mass is 16.6. The molecule has 1 saturated carbocycles. The van der Waals surface area contributed by atoms with E-state index >= 15 is 0 Å². The van der Waals surface area contributed by atoms with E-state index in [1.807, 2.05) is 24.3 Å². The molecule has 2 aromatic rings. The Morgan fingerprint density at radius 3 is 2.58 bits per heavy atom. The van der Waals surface area contributed by atoms with Gasteiger partial charge in [-0.2, -0.15) is 5.26 Å². The molecule has 1 aromatic heterocycles. The largest absolute Gasteiger partial charge is 0.443 e. The first kappa shape index (κ1) is 20.7. The molecule has 2 amide bonds. The lowest BCUT2D eigenvalue weighted by atomic mass is 9.97. The summed E-state index contributed by atoms with van der Waals surface area (Å²) < 4.78 is 15.8. The topological polar surface area (TPSA) is 109 Å². The number of cyclic esters (lactones) is 1. The van der Waals surface area contributed by atoms with E-state index in [1.165, 1.54) is 16.1 Å². The summed E-state index contributed by atoms with van der Waals surface area (Å²) in [6.07, 6.45) is 1.40. The minimum atomic E-state index is -0.693. The summed E-state index contributed by atoms with van der Waals surface area (Å²) in [5.41, 5.74) is 0.569. The van der Waals surface area contributed by atoms with E-state index in [9.17, 15) is 14.9 Å². The maximum Gasteiger partial charge on any atom is 0.416 e. The summed E-state index contributed by atoms with van der Waals surface area (Å²) >= 11 is 0. The highest BCUT2D eigenvalue weighted by Gasteiger charge is 2.45. The fourth-order valence-electron chi connectivity index (χ4n) is 3.51. The van der Waals surface area contributed by atoms with Crippen molar-refractivity contribution in [3.63, 3.8) is 0 Å². The molecule has 4 rings (SSSR count). The minimum Gasteiger partial charge on any atom is -0.443 e. The highest BCUT2D eigenvalue weighted by Crippen LogP contribution is 2.47. The number of rotatable bonds is 5. The highest BCUT2D eigenvalue weighted by molar-refractivity contribution is 5.90. The van der Waals surface area contributed by atoms with Crippen molar-refractivity contribution in [1.29, 1.82) is 5.26 Å². The number of carbonyl (C=O) groups excluding carboxylic acids is 2. The molecule has 0 unspecified atom stereocenters. The lowest BCUT2D eigenvalue weighted by Crippen LogP contribution is -2.42. The van der Waals surface area contributed by atoms with Crippen molar-refractivity contribution >= 4 is 23.7 Å². The molecular weight excluding hydrogens is 400 g/mol. The average Bonchev–Trinajstić information content (AvgIpc) is 3.15. The van der Waals surface area contributed by atoms with Gasteiger partial charge in [0.15, 0.2) is 5.82 Å². The molecule has 2 fully saturated rings. The fraction of sp³-hybridized carbons (Fsp3) is 0.455. The third-order valence-electron chi connectivity index (χ3n) is 5.27. The SMILES string of the molecule is CC(C)(C)OC(=O)N(C[C@H]1CN(c2ccc(C3(C#N)CC3)cc2)C(=O)O1)c1ccon1. The second kappa shape index (κ2) is 7.61. The predicted molar refractivity (Wildman–Crippen MR) is 111 cm³/mol. The van der Waals surface area contributed by atoms with E-state index in [0.717, 1.165) is 18.4 Å².